The Bertz CT molecular complexity index is 323. The highest BCUT2D eigenvalue weighted by molar-refractivity contribution is 5.85. The zero-order valence-electron chi connectivity index (χ0n) is 15.5. The first-order valence-electron chi connectivity index (χ1n) is 7.51. The molecule has 6 heteroatoms. The van der Waals surface area contributed by atoms with Crippen LogP contribution in [0.1, 0.15) is 60.3 Å². The molecule has 1 aliphatic rings. The van der Waals surface area contributed by atoms with Crippen LogP contribution in [0.4, 0.5) is 0 Å². The standard InChI is InChI=1S/3C4H6O2.C3H6.C3H8/c3*1-3(2)4(5)6;1-2-3-1;1-3-2/h3*1H2,2H3,(H,5,6);1-3H2;3H2,1-2H3. The molecule has 0 aromatic rings. The van der Waals surface area contributed by atoms with Gasteiger partial charge in [0.15, 0.2) is 0 Å². The van der Waals surface area contributed by atoms with Gasteiger partial charge in [0.05, 0.1) is 0 Å². The predicted octanol–water partition coefficient (Wildman–Crippen LogP) is 4.53. The van der Waals surface area contributed by atoms with Crippen LogP contribution in [-0.2, 0) is 14.4 Å². The van der Waals surface area contributed by atoms with E-state index in [0.717, 1.165) is 0 Å². The third-order valence-corrected chi connectivity index (χ3v) is 1.45. The summed E-state index contributed by atoms with van der Waals surface area (Å²) in [6.07, 6.45) is 5.75. The van der Waals surface area contributed by atoms with Crippen LogP contribution in [0, 0.1) is 0 Å². The summed E-state index contributed by atoms with van der Waals surface area (Å²) in [7, 11) is 0. The predicted molar refractivity (Wildman–Crippen MR) is 97.2 cm³/mol. The summed E-state index contributed by atoms with van der Waals surface area (Å²) < 4.78 is 0. The molecule has 0 unspecified atom stereocenters. The molecule has 1 fully saturated rings. The van der Waals surface area contributed by atoms with Crippen molar-refractivity contribution in [1.82, 2.24) is 0 Å². The van der Waals surface area contributed by atoms with E-state index in [4.69, 9.17) is 15.3 Å². The van der Waals surface area contributed by atoms with Gasteiger partial charge in [-0.1, -0.05) is 59.3 Å². The van der Waals surface area contributed by atoms with Crippen molar-refractivity contribution in [2.75, 3.05) is 0 Å². The number of aliphatic carboxylic acids is 3. The number of hydrogen-bond donors (Lipinski definition) is 3. The minimum absolute atomic E-state index is 0.176. The molecule has 3 N–H and O–H groups in total. The van der Waals surface area contributed by atoms with Crippen LogP contribution < -0.4 is 0 Å². The molecule has 0 atom stereocenters. The van der Waals surface area contributed by atoms with Gasteiger partial charge in [0.2, 0.25) is 0 Å². The third-order valence-electron chi connectivity index (χ3n) is 1.45. The van der Waals surface area contributed by atoms with Crippen LogP contribution >= 0.6 is 0 Å². The maximum absolute atomic E-state index is 9.60. The first kappa shape index (κ1) is 29.6. The van der Waals surface area contributed by atoms with E-state index in [-0.39, 0.29) is 16.7 Å². The van der Waals surface area contributed by atoms with Crippen LogP contribution in [0.15, 0.2) is 36.5 Å². The van der Waals surface area contributed by atoms with Crippen molar-refractivity contribution < 1.29 is 29.7 Å². The zero-order chi connectivity index (χ0) is 20.3. The van der Waals surface area contributed by atoms with Crippen LogP contribution in [0.2, 0.25) is 0 Å². The van der Waals surface area contributed by atoms with Crippen molar-refractivity contribution in [3.05, 3.63) is 36.5 Å². The molecule has 0 saturated heterocycles. The minimum Gasteiger partial charge on any atom is -0.478 e. The average molecular weight is 344 g/mol. The molecular formula is C18H32O6. The molecule has 0 aliphatic heterocycles. The number of carboxylic acid groups (broad SMARTS) is 3. The van der Waals surface area contributed by atoms with E-state index in [0.29, 0.717) is 0 Å². The van der Waals surface area contributed by atoms with Gasteiger partial charge in [-0.3, -0.25) is 0 Å². The normalized spacial score (nSPS) is 9.38. The van der Waals surface area contributed by atoms with Crippen molar-refractivity contribution in [1.29, 1.82) is 0 Å². The summed E-state index contributed by atoms with van der Waals surface area (Å²) in [5.74, 6) is -2.81. The van der Waals surface area contributed by atoms with Gasteiger partial charge in [0.1, 0.15) is 0 Å². The van der Waals surface area contributed by atoms with Crippen molar-refractivity contribution in [3.8, 4) is 0 Å². The largest absolute Gasteiger partial charge is 0.478 e. The lowest BCUT2D eigenvalue weighted by Gasteiger charge is -1.79. The van der Waals surface area contributed by atoms with Crippen LogP contribution in [0.25, 0.3) is 0 Å². The summed E-state index contributed by atoms with van der Waals surface area (Å²) in [5, 5.41) is 23.7. The molecule has 1 rings (SSSR count). The van der Waals surface area contributed by atoms with Gasteiger partial charge in [-0.05, 0) is 20.8 Å². The Labute approximate surface area is 145 Å². The maximum Gasteiger partial charge on any atom is 0.330 e. The lowest BCUT2D eigenvalue weighted by Crippen LogP contribution is -1.92. The third kappa shape index (κ3) is 60.3. The number of hydrogen-bond acceptors (Lipinski definition) is 3. The zero-order valence-corrected chi connectivity index (χ0v) is 15.5. The lowest BCUT2D eigenvalue weighted by atomic mass is 10.4. The molecule has 0 aromatic heterocycles. The van der Waals surface area contributed by atoms with E-state index < -0.39 is 17.9 Å². The lowest BCUT2D eigenvalue weighted by molar-refractivity contribution is -0.133. The van der Waals surface area contributed by atoms with Gasteiger partial charge in [-0.25, -0.2) is 14.4 Å². The van der Waals surface area contributed by atoms with Crippen molar-refractivity contribution in [2.24, 2.45) is 0 Å². The quantitative estimate of drug-likeness (QED) is 0.649. The summed E-state index contributed by atoms with van der Waals surface area (Å²) in [6.45, 7) is 18.1. The number of rotatable bonds is 3. The first-order chi connectivity index (χ1) is 10.8. The molecule has 0 aromatic carbocycles. The summed E-state index contributed by atoms with van der Waals surface area (Å²) in [5.41, 5.74) is 0.528. The minimum atomic E-state index is -0.935. The number of carbonyl (C=O) groups is 3. The fourth-order valence-corrected chi connectivity index (χ4v) is 0. The Kier molecular flexibility index (Phi) is 25.5. The fraction of sp³-hybridized carbons (Fsp3) is 0.500. The Balaban J connectivity index is -0.000000107. The monoisotopic (exact) mass is 344 g/mol. The molecule has 1 saturated carbocycles. The van der Waals surface area contributed by atoms with E-state index in [1.807, 2.05) is 0 Å². The summed E-state index contributed by atoms with van der Waals surface area (Å²) >= 11 is 0. The highest BCUT2D eigenvalue weighted by Gasteiger charge is 1.95. The molecule has 0 radical (unpaired) electrons. The van der Waals surface area contributed by atoms with Crippen molar-refractivity contribution in [3.63, 3.8) is 0 Å². The molecule has 140 valence electrons. The van der Waals surface area contributed by atoms with Gasteiger partial charge < -0.3 is 15.3 Å². The number of carboxylic acids is 3. The van der Waals surface area contributed by atoms with E-state index in [1.165, 1.54) is 46.5 Å². The molecule has 24 heavy (non-hydrogen) atoms. The highest BCUT2D eigenvalue weighted by Crippen LogP contribution is 2.14. The van der Waals surface area contributed by atoms with E-state index in [9.17, 15) is 14.4 Å². The van der Waals surface area contributed by atoms with Gasteiger partial charge in [-0.2, -0.15) is 0 Å². The second-order valence-electron chi connectivity index (χ2n) is 5.02. The maximum atomic E-state index is 9.60. The first-order valence-corrected chi connectivity index (χ1v) is 7.51. The Hall–Kier alpha value is -2.37. The van der Waals surface area contributed by atoms with Crippen LogP contribution in [0.5, 0.6) is 0 Å². The fourth-order valence-electron chi connectivity index (χ4n) is 0. The van der Waals surface area contributed by atoms with Crippen LogP contribution in [-0.4, -0.2) is 33.2 Å². The van der Waals surface area contributed by atoms with Gasteiger partial charge in [0, 0.05) is 16.7 Å². The Morgan fingerprint density at radius 2 is 0.750 bits per heavy atom. The summed E-state index contributed by atoms with van der Waals surface area (Å²) in [6, 6.07) is 0. The molecule has 6 nitrogen and oxygen atoms in total. The molecular weight excluding hydrogens is 312 g/mol. The Morgan fingerprint density at radius 1 is 0.667 bits per heavy atom. The van der Waals surface area contributed by atoms with Crippen molar-refractivity contribution >= 4 is 17.9 Å². The molecule has 0 spiro atoms. The van der Waals surface area contributed by atoms with E-state index in [1.54, 1.807) is 0 Å². The van der Waals surface area contributed by atoms with Crippen molar-refractivity contribution in [2.45, 2.75) is 60.3 Å². The molecule has 0 heterocycles. The summed E-state index contributed by atoms with van der Waals surface area (Å²) in [4.78, 5) is 28.8. The Morgan fingerprint density at radius 3 is 0.750 bits per heavy atom. The van der Waals surface area contributed by atoms with E-state index >= 15 is 0 Å². The molecule has 0 bridgehead atoms. The van der Waals surface area contributed by atoms with Crippen LogP contribution in [0.3, 0.4) is 0 Å². The average Bonchev–Trinajstić information content (AvgIpc) is 3.28. The van der Waals surface area contributed by atoms with Gasteiger partial charge in [-0.15, -0.1) is 0 Å². The molecule has 0 amide bonds. The SMILES string of the molecule is C1CC1.C=C(C)C(=O)O.C=C(C)C(=O)O.C=C(C)C(=O)O.CCC. The van der Waals surface area contributed by atoms with Gasteiger partial charge in [0.25, 0.3) is 0 Å². The second kappa shape index (κ2) is 20.6. The van der Waals surface area contributed by atoms with E-state index in [2.05, 4.69) is 33.6 Å². The smallest absolute Gasteiger partial charge is 0.330 e. The second-order valence-corrected chi connectivity index (χ2v) is 5.02. The highest BCUT2D eigenvalue weighted by atomic mass is 16.4. The topological polar surface area (TPSA) is 112 Å². The molecule has 1 aliphatic carbocycles. The van der Waals surface area contributed by atoms with Gasteiger partial charge >= 0.3 is 17.9 Å².